The third-order valence-electron chi connectivity index (χ3n) is 3.64. The molecule has 1 aromatic rings. The summed E-state index contributed by atoms with van der Waals surface area (Å²) in [5.74, 6) is 0.273. The average molecular weight is 277 g/mol. The van der Waals surface area contributed by atoms with Crippen LogP contribution in [0.5, 0.6) is 0 Å². The van der Waals surface area contributed by atoms with Crippen molar-refractivity contribution in [3.63, 3.8) is 0 Å². The number of carbonyl (C=O) groups is 1. The van der Waals surface area contributed by atoms with Crippen molar-refractivity contribution in [2.75, 3.05) is 13.1 Å². The maximum Gasteiger partial charge on any atom is 0.179 e. The Labute approximate surface area is 120 Å². The van der Waals surface area contributed by atoms with Crippen molar-refractivity contribution in [3.8, 4) is 0 Å². The van der Waals surface area contributed by atoms with Crippen molar-refractivity contribution in [1.82, 2.24) is 4.90 Å². The fraction of sp³-hybridized carbons (Fsp3) is 0.562. The van der Waals surface area contributed by atoms with Gasteiger partial charge in [0.1, 0.15) is 0 Å². The number of hydrogen-bond donors (Lipinski definition) is 0. The van der Waals surface area contributed by atoms with Gasteiger partial charge >= 0.3 is 0 Å². The quantitative estimate of drug-likeness (QED) is 0.786. The maximum absolute atomic E-state index is 12.6. The van der Waals surface area contributed by atoms with Crippen molar-refractivity contribution in [3.05, 3.63) is 35.9 Å². The Morgan fingerprint density at radius 3 is 2.37 bits per heavy atom. The van der Waals surface area contributed by atoms with Crippen LogP contribution in [-0.4, -0.2) is 40.3 Å². The van der Waals surface area contributed by atoms with E-state index in [2.05, 4.69) is 25.7 Å². The van der Waals surface area contributed by atoms with Crippen LogP contribution in [0.1, 0.15) is 37.6 Å². The standard InChI is InChI=1S/C16H23NOS/c1-4-15(16(18)14-8-6-5-7-9-14)17-10-12(2)19-13(3)11-17/h5-9,12-13,15H,4,10-11H2,1-3H3. The van der Waals surface area contributed by atoms with Gasteiger partial charge in [0.25, 0.3) is 0 Å². The molecule has 1 aliphatic heterocycles. The van der Waals surface area contributed by atoms with Crippen molar-refractivity contribution in [1.29, 1.82) is 0 Å². The molecule has 0 saturated carbocycles. The van der Waals surface area contributed by atoms with E-state index in [-0.39, 0.29) is 11.8 Å². The van der Waals surface area contributed by atoms with E-state index in [9.17, 15) is 4.79 Å². The van der Waals surface area contributed by atoms with Gasteiger partial charge in [0, 0.05) is 29.2 Å². The summed E-state index contributed by atoms with van der Waals surface area (Å²) < 4.78 is 0. The van der Waals surface area contributed by atoms with Crippen LogP contribution in [0, 0.1) is 0 Å². The van der Waals surface area contributed by atoms with Gasteiger partial charge in [0.2, 0.25) is 0 Å². The number of Topliss-reactive ketones (excluding diaryl/α,β-unsaturated/α-hetero) is 1. The zero-order valence-electron chi connectivity index (χ0n) is 12.0. The summed E-state index contributed by atoms with van der Waals surface area (Å²) in [6.07, 6.45) is 0.887. The van der Waals surface area contributed by atoms with Crippen molar-refractivity contribution in [2.45, 2.75) is 43.7 Å². The van der Waals surface area contributed by atoms with E-state index in [4.69, 9.17) is 0 Å². The zero-order chi connectivity index (χ0) is 13.8. The van der Waals surface area contributed by atoms with Crippen LogP contribution in [0.4, 0.5) is 0 Å². The van der Waals surface area contributed by atoms with Gasteiger partial charge in [0.05, 0.1) is 6.04 Å². The van der Waals surface area contributed by atoms with E-state index in [1.165, 1.54) is 0 Å². The summed E-state index contributed by atoms with van der Waals surface area (Å²) in [5.41, 5.74) is 0.841. The number of carbonyl (C=O) groups excluding carboxylic acids is 1. The molecule has 1 fully saturated rings. The minimum atomic E-state index is 0.0354. The molecule has 1 aliphatic rings. The SMILES string of the molecule is CCC(C(=O)c1ccccc1)N1CC(C)SC(C)C1. The van der Waals surface area contributed by atoms with Gasteiger partial charge < -0.3 is 0 Å². The van der Waals surface area contributed by atoms with Gasteiger partial charge in [-0.1, -0.05) is 51.1 Å². The number of nitrogens with zero attached hydrogens (tertiary/aromatic N) is 1. The van der Waals surface area contributed by atoms with E-state index >= 15 is 0 Å². The molecule has 2 rings (SSSR count). The molecule has 1 saturated heterocycles. The van der Waals surface area contributed by atoms with E-state index in [1.54, 1.807) is 0 Å². The monoisotopic (exact) mass is 277 g/mol. The fourth-order valence-electron chi connectivity index (χ4n) is 2.88. The van der Waals surface area contributed by atoms with E-state index < -0.39 is 0 Å². The molecule has 0 amide bonds. The highest BCUT2D eigenvalue weighted by molar-refractivity contribution is 8.00. The predicted octanol–water partition coefficient (Wildman–Crippen LogP) is 3.47. The first kappa shape index (κ1) is 14.6. The normalized spacial score (nSPS) is 26.1. The summed E-state index contributed by atoms with van der Waals surface area (Å²) in [7, 11) is 0. The first-order valence-corrected chi connectivity index (χ1v) is 8.04. The first-order chi connectivity index (χ1) is 9.11. The number of ketones is 1. The van der Waals surface area contributed by atoms with Crippen LogP contribution < -0.4 is 0 Å². The number of rotatable bonds is 4. The van der Waals surface area contributed by atoms with Crippen LogP contribution in [0.25, 0.3) is 0 Å². The molecular weight excluding hydrogens is 254 g/mol. The highest BCUT2D eigenvalue weighted by atomic mass is 32.2. The molecule has 3 atom stereocenters. The van der Waals surface area contributed by atoms with Gasteiger partial charge in [-0.15, -0.1) is 0 Å². The molecule has 1 aromatic carbocycles. The van der Waals surface area contributed by atoms with Crippen molar-refractivity contribution in [2.24, 2.45) is 0 Å². The molecule has 0 spiro atoms. The van der Waals surface area contributed by atoms with E-state index in [0.717, 1.165) is 25.1 Å². The molecule has 0 aliphatic carbocycles. The summed E-state index contributed by atoms with van der Waals surface area (Å²) >= 11 is 2.03. The van der Waals surface area contributed by atoms with Gasteiger partial charge in [-0.05, 0) is 6.42 Å². The number of thioether (sulfide) groups is 1. The van der Waals surface area contributed by atoms with Gasteiger partial charge in [0.15, 0.2) is 5.78 Å². The van der Waals surface area contributed by atoms with Crippen molar-refractivity contribution < 1.29 is 4.79 Å². The number of hydrogen-bond acceptors (Lipinski definition) is 3. The minimum absolute atomic E-state index is 0.0354. The molecule has 19 heavy (non-hydrogen) atoms. The molecule has 0 bridgehead atoms. The zero-order valence-corrected chi connectivity index (χ0v) is 12.8. The second kappa shape index (κ2) is 6.58. The molecule has 2 nitrogen and oxygen atoms in total. The third-order valence-corrected chi connectivity index (χ3v) is 4.86. The summed E-state index contributed by atoms with van der Waals surface area (Å²) in [5, 5.41) is 1.22. The second-order valence-corrected chi connectivity index (χ2v) is 7.25. The Morgan fingerprint density at radius 1 is 1.26 bits per heavy atom. The third kappa shape index (κ3) is 3.61. The van der Waals surface area contributed by atoms with Crippen LogP contribution in [-0.2, 0) is 0 Å². The highest BCUT2D eigenvalue weighted by Crippen LogP contribution is 2.27. The first-order valence-electron chi connectivity index (χ1n) is 7.10. The molecule has 3 heteroatoms. The largest absolute Gasteiger partial charge is 0.292 e. The molecule has 0 aromatic heterocycles. The summed E-state index contributed by atoms with van der Waals surface area (Å²) in [4.78, 5) is 15.0. The summed E-state index contributed by atoms with van der Waals surface area (Å²) in [6.45, 7) is 8.67. The summed E-state index contributed by atoms with van der Waals surface area (Å²) in [6, 6.07) is 9.73. The Balaban J connectivity index is 2.13. The lowest BCUT2D eigenvalue weighted by molar-refractivity contribution is 0.0808. The molecule has 1 heterocycles. The van der Waals surface area contributed by atoms with Gasteiger partial charge in [-0.25, -0.2) is 0 Å². The highest BCUT2D eigenvalue weighted by Gasteiger charge is 2.31. The number of benzene rings is 1. The van der Waals surface area contributed by atoms with E-state index in [1.807, 2.05) is 42.1 Å². The smallest absolute Gasteiger partial charge is 0.179 e. The molecule has 0 radical (unpaired) electrons. The predicted molar refractivity (Wildman–Crippen MR) is 82.9 cm³/mol. The Morgan fingerprint density at radius 2 is 1.84 bits per heavy atom. The van der Waals surface area contributed by atoms with Crippen molar-refractivity contribution >= 4 is 17.5 Å². The topological polar surface area (TPSA) is 20.3 Å². The van der Waals surface area contributed by atoms with Crippen LogP contribution in [0.2, 0.25) is 0 Å². The second-order valence-electron chi connectivity index (χ2n) is 5.37. The Kier molecular flexibility index (Phi) is 5.06. The molecular formula is C16H23NOS. The minimum Gasteiger partial charge on any atom is -0.292 e. The lowest BCUT2D eigenvalue weighted by Crippen LogP contribution is -2.49. The van der Waals surface area contributed by atoms with Gasteiger partial charge in [-0.2, -0.15) is 11.8 Å². The van der Waals surface area contributed by atoms with Crippen LogP contribution in [0.3, 0.4) is 0 Å². The van der Waals surface area contributed by atoms with Crippen LogP contribution >= 0.6 is 11.8 Å². The Bertz CT molecular complexity index is 410. The average Bonchev–Trinajstić information content (AvgIpc) is 2.39. The van der Waals surface area contributed by atoms with Gasteiger partial charge in [-0.3, -0.25) is 9.69 Å². The van der Waals surface area contributed by atoms with E-state index in [0.29, 0.717) is 10.5 Å². The lowest BCUT2D eigenvalue weighted by atomic mass is 10.00. The molecule has 0 N–H and O–H groups in total. The van der Waals surface area contributed by atoms with Crippen LogP contribution in [0.15, 0.2) is 30.3 Å². The lowest BCUT2D eigenvalue weighted by Gasteiger charge is -2.38. The molecule has 104 valence electrons. The Hall–Kier alpha value is -0.800. The molecule has 3 unspecified atom stereocenters. The fourth-order valence-corrected chi connectivity index (χ4v) is 4.22. The maximum atomic E-state index is 12.6.